The number of phenols is 1. The molecule has 0 saturated heterocycles. The van der Waals surface area contributed by atoms with Gasteiger partial charge in [0.1, 0.15) is 32.3 Å². The van der Waals surface area contributed by atoms with Gasteiger partial charge in [0.05, 0.1) is 66.6 Å². The van der Waals surface area contributed by atoms with Gasteiger partial charge in [0.25, 0.3) is 1.43 Å². The van der Waals surface area contributed by atoms with Crippen molar-refractivity contribution in [1.82, 2.24) is 47.8 Å². The summed E-state index contributed by atoms with van der Waals surface area (Å²) in [6.45, 7) is 0.0208. The van der Waals surface area contributed by atoms with E-state index in [0.29, 0.717) is 5.88 Å². The van der Waals surface area contributed by atoms with E-state index < -0.39 is 0 Å². The molecule has 7 aromatic carbocycles. The Morgan fingerprint density at radius 1 is 0.438 bits per heavy atom. The monoisotopic (exact) mass is 1880 g/mol. The molecule has 0 bridgehead atoms. The van der Waals surface area contributed by atoms with E-state index in [2.05, 4.69) is 263 Å². The van der Waals surface area contributed by atoms with Crippen molar-refractivity contribution in [3.63, 3.8) is 0 Å². The number of halogens is 5. The molecule has 19 aromatic rings. The van der Waals surface area contributed by atoms with Crippen LogP contribution < -0.4 is 143 Å². The molecule has 0 aliphatic carbocycles. The van der Waals surface area contributed by atoms with E-state index in [4.69, 9.17) is 15.9 Å². The maximum Gasteiger partial charge on any atom is 1.00 e. The summed E-state index contributed by atoms with van der Waals surface area (Å²) in [4.78, 5) is 38.3. The second-order valence-corrected chi connectivity index (χ2v) is 25.6. The molecule has 3 N–H and O–H groups in total. The average molecular weight is 1890 g/mol. The van der Waals surface area contributed by atoms with Crippen LogP contribution in [0.3, 0.4) is 0 Å². The average Bonchev–Trinajstić information content (AvgIpc) is 1.39. The Labute approximate surface area is 757 Å². The van der Waals surface area contributed by atoms with Gasteiger partial charge in [-0.3, -0.25) is 13.9 Å². The number of H-pyrrole nitrogens is 1. The van der Waals surface area contributed by atoms with Gasteiger partial charge in [0.2, 0.25) is 5.88 Å². The van der Waals surface area contributed by atoms with E-state index in [1.165, 1.54) is 32.6 Å². The Morgan fingerprint density at radius 2 is 0.895 bits per heavy atom. The predicted molar refractivity (Wildman–Crippen MR) is 430 cm³/mol. The molecule has 0 radical (unpaired) electrons. The SMILES string of the molecule is Brc1ccc2c3ccccc3n3cccc3c2n1.Brc1cccc(-c2ccc[nH]2)n1.Brc1ccccc1Br.C.C.Oc1ccc2c3ccccc3n(-c3ccccn3)c2c1.[2H]OOC=O.[CH2-]F.[Cs+].[Cs+].c1ccc(-n2c3ccccc3c3ccc(Oc4ccc5c6ccccc6n6cccc6c5n4)cc32)nc1. The zero-order valence-corrected chi connectivity index (χ0v) is 74.1. The number of rotatable bonds is 7. The van der Waals surface area contributed by atoms with Crippen LogP contribution in [0.4, 0.5) is 4.39 Å². The van der Waals surface area contributed by atoms with Gasteiger partial charge in [-0.1, -0.05) is 118 Å². The number of nitrogens with zero attached hydrogens (tertiary/aromatic N) is 9. The van der Waals surface area contributed by atoms with Crippen LogP contribution in [-0.4, -0.2) is 64.7 Å². The molecule has 0 aliphatic rings. The number of aromatic amines is 1. The van der Waals surface area contributed by atoms with Crippen molar-refractivity contribution >= 4 is 168 Å². The van der Waals surface area contributed by atoms with Crippen LogP contribution in [0.1, 0.15) is 14.9 Å². The summed E-state index contributed by atoms with van der Waals surface area (Å²) < 4.78 is 33.8. The van der Waals surface area contributed by atoms with Crippen molar-refractivity contribution in [3.05, 3.63) is 329 Å². The molecule has 105 heavy (non-hydrogen) atoms. The molecule has 15 nitrogen and oxygen atoms in total. The third kappa shape index (κ3) is 18.3. The Kier molecular flexibility index (Phi) is 29.8. The maximum absolute atomic E-state index is 9.79. The zero-order valence-electron chi connectivity index (χ0n) is 56.1. The number of hydrogen-bond donors (Lipinski definition) is 3. The molecular formula is C83H64Br4Cs2FN10O5+. The quantitative estimate of drug-likeness (QED) is 0.0348. The van der Waals surface area contributed by atoms with Crippen LogP contribution >= 0.6 is 63.7 Å². The van der Waals surface area contributed by atoms with Gasteiger partial charge in [0.15, 0.2) is 0 Å². The van der Waals surface area contributed by atoms with Crippen LogP contribution in [0.5, 0.6) is 17.4 Å². The third-order valence-corrected chi connectivity index (χ3v) is 19.2. The fourth-order valence-corrected chi connectivity index (χ4v) is 13.4. The number of aromatic nitrogens is 10. The predicted octanol–water partition coefficient (Wildman–Crippen LogP) is 17.9. The molecule has 19 rings (SSSR count). The van der Waals surface area contributed by atoms with E-state index in [9.17, 15) is 9.50 Å². The van der Waals surface area contributed by atoms with Crippen molar-refractivity contribution in [1.29, 1.82) is 1.43 Å². The van der Waals surface area contributed by atoms with Gasteiger partial charge in [-0.05, 0) is 215 Å². The fourth-order valence-electron chi connectivity index (χ4n) is 12.2. The Bertz CT molecular complexity index is 6110. The van der Waals surface area contributed by atoms with E-state index in [-0.39, 0.29) is 165 Å². The maximum atomic E-state index is 9.79. The smallest absolute Gasteiger partial charge is 0.508 e. The zero-order chi connectivity index (χ0) is 70.5. The molecule has 0 unspecified atom stereocenters. The van der Waals surface area contributed by atoms with E-state index in [1.807, 2.05) is 140 Å². The minimum Gasteiger partial charge on any atom is -0.508 e. The van der Waals surface area contributed by atoms with Crippen LogP contribution in [0, 0.1) is 7.18 Å². The summed E-state index contributed by atoms with van der Waals surface area (Å²) in [7, 11) is 1.75. The largest absolute Gasteiger partial charge is 1.00 e. The molecule has 22 heteroatoms. The minimum atomic E-state index is 0. The van der Waals surface area contributed by atoms with Gasteiger partial charge < -0.3 is 32.9 Å². The van der Waals surface area contributed by atoms with Crippen molar-refractivity contribution in [2.75, 3.05) is 0 Å². The number of benzene rings is 7. The third-order valence-electron chi connectivity index (χ3n) is 16.4. The topological polar surface area (TPSA) is 175 Å². The van der Waals surface area contributed by atoms with Crippen molar-refractivity contribution in [3.8, 4) is 40.4 Å². The number of aromatic hydroxyl groups is 1. The number of hydrogen-bond acceptors (Lipinski definition) is 10. The molecule has 0 atom stereocenters. The van der Waals surface area contributed by atoms with Crippen LogP contribution in [0.15, 0.2) is 322 Å². The first kappa shape index (κ1) is 80.3. The summed E-state index contributed by atoms with van der Waals surface area (Å²) in [6.07, 6.45) is 9.65. The van der Waals surface area contributed by atoms with Crippen molar-refractivity contribution < 1.29 is 167 Å². The van der Waals surface area contributed by atoms with Crippen LogP contribution in [0.2, 0.25) is 0 Å². The number of carbonyl (C=O) groups excluding carboxylic acids is 1. The Balaban J connectivity index is 0.000000161. The van der Waals surface area contributed by atoms with Gasteiger partial charge in [-0.25, -0.2) is 30.2 Å². The van der Waals surface area contributed by atoms with E-state index in [1.54, 1.807) is 25.5 Å². The Hall–Kier alpha value is -7.29. The fraction of sp³-hybridized carbons (Fsp3) is 0.0241. The first-order valence-electron chi connectivity index (χ1n) is 31.7. The Morgan fingerprint density at radius 3 is 1.39 bits per heavy atom. The summed E-state index contributed by atoms with van der Waals surface area (Å²) in [5.41, 5.74) is 12.7. The summed E-state index contributed by atoms with van der Waals surface area (Å²) in [5.74, 6) is 3.27. The second kappa shape index (κ2) is 39.0. The first-order chi connectivity index (χ1) is 50.1. The van der Waals surface area contributed by atoms with Gasteiger partial charge in [0, 0.05) is 101 Å². The number of ether oxygens (including phenoxy) is 1. The molecule has 0 spiro atoms. The number of phenolic OH excluding ortho intramolecular Hbond substituents is 1. The van der Waals surface area contributed by atoms with Crippen molar-refractivity contribution in [2.24, 2.45) is 0 Å². The number of nitrogens with one attached hydrogen (secondary N) is 1. The molecular weight excluding hydrogens is 1820 g/mol. The normalized spacial score (nSPS) is 10.5. The molecule has 0 fully saturated rings. The van der Waals surface area contributed by atoms with Gasteiger partial charge in [-0.2, -0.15) is 7.18 Å². The van der Waals surface area contributed by atoms with Gasteiger partial charge >= 0.3 is 144 Å². The van der Waals surface area contributed by atoms with Crippen LogP contribution in [-0.2, 0) is 9.68 Å². The number of fused-ring (bicyclic) bond motifs is 18. The standard InChI is InChI=1S/C32H20N4O.C17H12N2O.C15H9BrN2.C9H7BrN2.C6H4Br2.CH2F.CH2O3.2CH4.2Cs/c1-3-10-26-23(9-1)25-16-17-31(34-32(25)28-12-7-19-35(26)28)37-21-14-15-24-22-8-2-4-11-27(22)36(29(24)20-21)30-13-5-6-18-33-30;20-12-8-9-14-13-5-1-2-6-15(13)19(16(14)11-12)17-7-3-4-10-18-17;16-14-8-7-11-10-4-1-2-5-12(10)18-9-3-6-13(18)15(11)17-14;10-9-5-1-3-8(12-9)7-4-2-6-11-7;7-5-3-1-2-4-6(5)8;1-2;2-1-4-3;;;;/h1-20H;1-11,20H;1-9H;1-6,11H;1-4H;1H2;1,3H;2*1H4;;/q;;;;;-1;;;;2*+1/i/hD. The molecule has 0 amide bonds. The number of para-hydroxylation sites is 4. The first-order valence-corrected chi connectivity index (χ1v) is 34.4. The number of carbonyl (C=O) groups is 1. The second-order valence-electron chi connectivity index (χ2n) is 22.2. The van der Waals surface area contributed by atoms with Gasteiger partial charge in [-0.15, -0.1) is 0 Å². The van der Waals surface area contributed by atoms with Crippen LogP contribution in [0.25, 0.3) is 123 Å². The summed E-state index contributed by atoms with van der Waals surface area (Å²) in [6, 6.07) is 91.1. The molecule has 0 saturated carbocycles. The molecule has 12 heterocycles. The van der Waals surface area contributed by atoms with E-state index >= 15 is 0 Å². The summed E-state index contributed by atoms with van der Waals surface area (Å²) >= 11 is 13.5. The minimum absolute atomic E-state index is 0. The summed E-state index contributed by atoms with van der Waals surface area (Å²) in [5, 5.41) is 22.2. The van der Waals surface area contributed by atoms with E-state index in [0.717, 1.165) is 113 Å². The molecule has 12 aromatic heterocycles. The number of pyridine rings is 7. The van der Waals surface area contributed by atoms with Crippen molar-refractivity contribution in [2.45, 2.75) is 14.9 Å². The molecule has 0 aliphatic heterocycles. The molecule has 512 valence electrons.